The summed E-state index contributed by atoms with van der Waals surface area (Å²) in [5, 5.41) is 7.79. The van der Waals surface area contributed by atoms with Crippen LogP contribution < -0.4 is 10.6 Å². The molecule has 1 aromatic rings. The van der Waals surface area contributed by atoms with Crippen LogP contribution in [0.15, 0.2) is 24.3 Å². The van der Waals surface area contributed by atoms with Crippen molar-refractivity contribution in [3.8, 4) is 0 Å². The normalized spacial score (nSPS) is 28.1. The molecule has 0 saturated carbocycles. The fourth-order valence-electron chi connectivity index (χ4n) is 6.59. The van der Waals surface area contributed by atoms with Crippen molar-refractivity contribution in [3.05, 3.63) is 29.8 Å². The van der Waals surface area contributed by atoms with Gasteiger partial charge in [0.15, 0.2) is 5.96 Å². The molecule has 4 atom stereocenters. The number of hydrogen-bond donors (Lipinski definition) is 2. The largest absolute Gasteiger partial charge is 0.370 e. The van der Waals surface area contributed by atoms with Crippen molar-refractivity contribution in [1.82, 2.24) is 9.80 Å². The fraction of sp³-hybridized carbons (Fsp3) is 0.714. The third-order valence-electron chi connectivity index (χ3n) is 8.52. The molecular formula is C28H45N5O. The molecule has 1 aromatic carbocycles. The molecule has 3 heterocycles. The molecule has 2 unspecified atom stereocenters. The summed E-state index contributed by atoms with van der Waals surface area (Å²) in [5.41, 5.74) is 8.18. The number of nitrogens with one attached hydrogen (secondary N) is 1. The molecule has 0 radical (unpaired) electrons. The third-order valence-corrected chi connectivity index (χ3v) is 8.52. The quantitative estimate of drug-likeness (QED) is 0.332. The van der Waals surface area contributed by atoms with Gasteiger partial charge in [-0.05, 0) is 89.3 Å². The minimum absolute atomic E-state index is 0.0434. The first-order chi connectivity index (χ1) is 16.4. The molecule has 0 spiro atoms. The number of benzene rings is 1. The van der Waals surface area contributed by atoms with E-state index < -0.39 is 0 Å². The lowest BCUT2D eigenvalue weighted by atomic mass is 9.82. The van der Waals surface area contributed by atoms with Crippen LogP contribution in [0.1, 0.15) is 77.2 Å². The number of amides is 1. The minimum atomic E-state index is 0.0434. The lowest BCUT2D eigenvalue weighted by molar-refractivity contribution is -0.123. The van der Waals surface area contributed by atoms with E-state index in [1.165, 1.54) is 44.2 Å². The number of rotatable bonds is 8. The van der Waals surface area contributed by atoms with Gasteiger partial charge in [-0.1, -0.05) is 31.0 Å². The Labute approximate surface area is 206 Å². The number of carbonyl (C=O) groups is 1. The molecule has 0 aromatic heterocycles. The lowest BCUT2D eigenvalue weighted by Gasteiger charge is -2.39. The Balaban J connectivity index is 1.32. The van der Waals surface area contributed by atoms with Crippen LogP contribution in [0.4, 0.5) is 5.69 Å². The van der Waals surface area contributed by atoms with Crippen molar-refractivity contribution in [1.29, 1.82) is 5.41 Å². The van der Waals surface area contributed by atoms with Crippen LogP contribution in [0.5, 0.6) is 0 Å². The number of piperidine rings is 2. The average molecular weight is 468 g/mol. The zero-order chi connectivity index (χ0) is 24.1. The average Bonchev–Trinajstić information content (AvgIpc) is 2.82. The van der Waals surface area contributed by atoms with Crippen LogP contribution in [-0.2, 0) is 11.2 Å². The molecule has 6 heteroatoms. The van der Waals surface area contributed by atoms with Gasteiger partial charge in [-0.15, -0.1) is 0 Å². The van der Waals surface area contributed by atoms with E-state index in [0.29, 0.717) is 23.9 Å². The SMILES string of the molecule is C[C@@H]1CCC[C@H](C)N1CCCCCN1C(=O)C(CC2CCCN(C(=N)N)C2)Cc2ccccc21. The Morgan fingerprint density at radius 2 is 1.76 bits per heavy atom. The number of anilines is 1. The van der Waals surface area contributed by atoms with E-state index in [0.717, 1.165) is 57.4 Å². The van der Waals surface area contributed by atoms with Gasteiger partial charge < -0.3 is 15.5 Å². The van der Waals surface area contributed by atoms with Crippen molar-refractivity contribution in [2.45, 2.75) is 90.1 Å². The van der Waals surface area contributed by atoms with Crippen LogP contribution in [0, 0.1) is 17.2 Å². The first-order valence-corrected chi connectivity index (χ1v) is 13.7. The molecule has 188 valence electrons. The summed E-state index contributed by atoms with van der Waals surface area (Å²) < 4.78 is 0. The molecule has 0 aliphatic carbocycles. The maximum atomic E-state index is 13.6. The van der Waals surface area contributed by atoms with Gasteiger partial charge in [0.05, 0.1) is 0 Å². The highest BCUT2D eigenvalue weighted by Crippen LogP contribution is 2.35. The third kappa shape index (κ3) is 5.94. The smallest absolute Gasteiger partial charge is 0.230 e. The summed E-state index contributed by atoms with van der Waals surface area (Å²) in [5.74, 6) is 0.950. The topological polar surface area (TPSA) is 76.7 Å². The summed E-state index contributed by atoms with van der Waals surface area (Å²) in [4.78, 5) is 20.4. The van der Waals surface area contributed by atoms with Crippen molar-refractivity contribution in [3.63, 3.8) is 0 Å². The molecule has 2 saturated heterocycles. The van der Waals surface area contributed by atoms with Gasteiger partial charge in [0.1, 0.15) is 0 Å². The molecule has 1 amide bonds. The molecule has 4 rings (SSSR count). The van der Waals surface area contributed by atoms with Crippen molar-refractivity contribution in [2.75, 3.05) is 31.1 Å². The van der Waals surface area contributed by atoms with Gasteiger partial charge in [0.25, 0.3) is 0 Å². The number of para-hydroxylation sites is 1. The molecule has 3 aliphatic heterocycles. The van der Waals surface area contributed by atoms with Crippen LogP contribution in [0.2, 0.25) is 0 Å². The number of fused-ring (bicyclic) bond motifs is 1. The van der Waals surface area contributed by atoms with E-state index in [1.807, 2.05) is 4.90 Å². The Hall–Kier alpha value is -2.08. The summed E-state index contributed by atoms with van der Waals surface area (Å²) in [6.07, 6.45) is 11.4. The Morgan fingerprint density at radius 3 is 2.53 bits per heavy atom. The molecule has 0 bridgehead atoms. The van der Waals surface area contributed by atoms with E-state index in [2.05, 4.69) is 47.9 Å². The maximum Gasteiger partial charge on any atom is 0.230 e. The van der Waals surface area contributed by atoms with E-state index in [9.17, 15) is 4.79 Å². The highest BCUT2D eigenvalue weighted by atomic mass is 16.2. The van der Waals surface area contributed by atoms with Gasteiger partial charge in [-0.3, -0.25) is 15.1 Å². The molecule has 6 nitrogen and oxygen atoms in total. The number of unbranched alkanes of at least 4 members (excludes halogenated alkanes) is 2. The second-order valence-electron chi connectivity index (χ2n) is 11.0. The summed E-state index contributed by atoms with van der Waals surface area (Å²) in [6, 6.07) is 9.90. The Morgan fingerprint density at radius 1 is 1.03 bits per heavy atom. The highest BCUT2D eigenvalue weighted by Gasteiger charge is 2.35. The number of carbonyl (C=O) groups excluding carboxylic acids is 1. The zero-order valence-electron chi connectivity index (χ0n) is 21.3. The zero-order valence-corrected chi connectivity index (χ0v) is 21.3. The number of hydrogen-bond acceptors (Lipinski definition) is 3. The summed E-state index contributed by atoms with van der Waals surface area (Å²) >= 11 is 0. The fourth-order valence-corrected chi connectivity index (χ4v) is 6.59. The second kappa shape index (κ2) is 11.6. The summed E-state index contributed by atoms with van der Waals surface area (Å²) in [6.45, 7) is 8.44. The first-order valence-electron chi connectivity index (χ1n) is 13.7. The standard InChI is InChI=1S/C28H45N5O/c1-21-10-8-11-22(2)32(21)16-6-3-7-17-33-26-14-5-4-13-24(26)19-25(27(33)34)18-23-12-9-15-31(20-23)28(29)30/h4-5,13-14,21-23,25H,3,6-12,15-20H2,1-2H3,(H3,29,30)/t21-,22+,23?,25?. The van der Waals surface area contributed by atoms with E-state index in [-0.39, 0.29) is 11.9 Å². The minimum Gasteiger partial charge on any atom is -0.370 e. The predicted octanol–water partition coefficient (Wildman–Crippen LogP) is 4.62. The molecule has 3 N–H and O–H groups in total. The Kier molecular flexibility index (Phi) is 8.51. The van der Waals surface area contributed by atoms with E-state index >= 15 is 0 Å². The summed E-state index contributed by atoms with van der Waals surface area (Å²) in [7, 11) is 0. The molecule has 2 fully saturated rings. The first kappa shape index (κ1) is 25.0. The number of guanidine groups is 1. The van der Waals surface area contributed by atoms with Crippen molar-refractivity contribution in [2.24, 2.45) is 17.6 Å². The molecular weight excluding hydrogens is 422 g/mol. The lowest BCUT2D eigenvalue weighted by Crippen LogP contribution is -2.46. The number of nitrogens with two attached hydrogens (primary N) is 1. The molecule has 3 aliphatic rings. The van der Waals surface area contributed by atoms with Crippen LogP contribution in [0.25, 0.3) is 0 Å². The van der Waals surface area contributed by atoms with Gasteiger partial charge in [0.2, 0.25) is 5.91 Å². The van der Waals surface area contributed by atoms with Crippen LogP contribution >= 0.6 is 0 Å². The predicted molar refractivity (Wildman–Crippen MR) is 140 cm³/mol. The van der Waals surface area contributed by atoms with Gasteiger partial charge >= 0.3 is 0 Å². The van der Waals surface area contributed by atoms with Gasteiger partial charge in [-0.2, -0.15) is 0 Å². The monoisotopic (exact) mass is 467 g/mol. The molecule has 34 heavy (non-hydrogen) atoms. The number of likely N-dealkylation sites (tertiary alicyclic amines) is 2. The van der Waals surface area contributed by atoms with Crippen LogP contribution in [0.3, 0.4) is 0 Å². The van der Waals surface area contributed by atoms with E-state index in [1.54, 1.807) is 0 Å². The van der Waals surface area contributed by atoms with Crippen molar-refractivity contribution >= 4 is 17.6 Å². The van der Waals surface area contributed by atoms with Crippen LogP contribution in [-0.4, -0.2) is 59.9 Å². The van der Waals surface area contributed by atoms with Gasteiger partial charge in [-0.25, -0.2) is 0 Å². The van der Waals surface area contributed by atoms with Crippen molar-refractivity contribution < 1.29 is 4.79 Å². The maximum absolute atomic E-state index is 13.6. The second-order valence-corrected chi connectivity index (χ2v) is 11.0. The highest BCUT2D eigenvalue weighted by molar-refractivity contribution is 5.98. The Bertz CT molecular complexity index is 832. The van der Waals surface area contributed by atoms with Gasteiger partial charge in [0, 0.05) is 43.3 Å². The van der Waals surface area contributed by atoms with E-state index in [4.69, 9.17) is 11.1 Å². The number of nitrogens with zero attached hydrogens (tertiary/aromatic N) is 3.